The Morgan fingerprint density at radius 3 is 2.65 bits per heavy atom. The second kappa shape index (κ2) is 5.49. The summed E-state index contributed by atoms with van der Waals surface area (Å²) in [6.07, 6.45) is 5.98. The first-order chi connectivity index (χ1) is 9.21. The normalized spacial score (nSPS) is 22.2. The van der Waals surface area contributed by atoms with E-state index in [-0.39, 0.29) is 17.0 Å². The summed E-state index contributed by atoms with van der Waals surface area (Å²) in [5.74, 6) is 0.413. The van der Waals surface area contributed by atoms with Crippen LogP contribution in [0, 0.1) is 11.3 Å². The minimum Gasteiger partial charge on any atom is -0.381 e. The van der Waals surface area contributed by atoms with Gasteiger partial charge < -0.3 is 15.0 Å². The molecule has 0 spiro atoms. The number of aromatic nitrogens is 2. The molecule has 0 aliphatic carbocycles. The Kier molecular flexibility index (Phi) is 4.26. The van der Waals surface area contributed by atoms with Crippen LogP contribution in [0.1, 0.15) is 59.2 Å². The molecule has 2 rings (SSSR count). The molecule has 2 atom stereocenters. The van der Waals surface area contributed by atoms with Gasteiger partial charge in [-0.3, -0.25) is 0 Å². The Morgan fingerprint density at radius 1 is 1.40 bits per heavy atom. The van der Waals surface area contributed by atoms with Crippen LogP contribution in [0.3, 0.4) is 0 Å². The molecule has 20 heavy (non-hydrogen) atoms. The summed E-state index contributed by atoms with van der Waals surface area (Å²) in [5.41, 5.74) is 7.88. The molecule has 0 radical (unpaired) electrons. The molecular formula is C16H29N3O. The third-order valence-electron chi connectivity index (χ3n) is 4.10. The topological polar surface area (TPSA) is 53.1 Å². The molecular weight excluding hydrogens is 250 g/mol. The van der Waals surface area contributed by atoms with Crippen molar-refractivity contribution in [2.75, 3.05) is 13.2 Å². The van der Waals surface area contributed by atoms with Crippen LogP contribution in [0.2, 0.25) is 0 Å². The molecule has 114 valence electrons. The van der Waals surface area contributed by atoms with Crippen molar-refractivity contribution < 1.29 is 4.74 Å². The standard InChI is InChI=1S/C16H29N3O/c1-15(2,3)10-16(4,5)19-11-18-8-13(19)14(17)12-6-7-20-9-12/h8,11-12,14H,6-7,9-10,17H2,1-5H3. The van der Waals surface area contributed by atoms with E-state index in [1.807, 2.05) is 12.5 Å². The molecule has 2 unspecified atom stereocenters. The van der Waals surface area contributed by atoms with Crippen LogP contribution in [0.25, 0.3) is 0 Å². The monoisotopic (exact) mass is 279 g/mol. The summed E-state index contributed by atoms with van der Waals surface area (Å²) in [6.45, 7) is 13.0. The van der Waals surface area contributed by atoms with E-state index in [9.17, 15) is 0 Å². The molecule has 0 amide bonds. The third kappa shape index (κ3) is 3.41. The lowest BCUT2D eigenvalue weighted by atomic mass is 9.81. The molecule has 1 aliphatic rings. The number of imidazole rings is 1. The van der Waals surface area contributed by atoms with E-state index in [2.05, 4.69) is 44.2 Å². The smallest absolute Gasteiger partial charge is 0.0953 e. The van der Waals surface area contributed by atoms with Crippen molar-refractivity contribution in [2.45, 2.75) is 59.0 Å². The van der Waals surface area contributed by atoms with E-state index in [0.717, 1.165) is 31.7 Å². The van der Waals surface area contributed by atoms with Crippen LogP contribution >= 0.6 is 0 Å². The molecule has 0 aromatic carbocycles. The summed E-state index contributed by atoms with van der Waals surface area (Å²) < 4.78 is 7.74. The first-order valence-electron chi connectivity index (χ1n) is 7.57. The minimum absolute atomic E-state index is 0.0132. The first-order valence-corrected chi connectivity index (χ1v) is 7.57. The number of nitrogens with zero attached hydrogens (tertiary/aromatic N) is 2. The molecule has 4 nitrogen and oxygen atoms in total. The molecule has 0 saturated carbocycles. The minimum atomic E-state index is 0.0132. The molecule has 1 fully saturated rings. The van der Waals surface area contributed by atoms with Crippen LogP contribution in [-0.4, -0.2) is 22.8 Å². The number of rotatable bonds is 4. The zero-order valence-electron chi connectivity index (χ0n) is 13.5. The first kappa shape index (κ1) is 15.5. The van der Waals surface area contributed by atoms with E-state index < -0.39 is 0 Å². The Labute approximate surface area is 122 Å². The van der Waals surface area contributed by atoms with Crippen molar-refractivity contribution in [3.8, 4) is 0 Å². The summed E-state index contributed by atoms with van der Waals surface area (Å²) in [4.78, 5) is 4.35. The van der Waals surface area contributed by atoms with Crippen LogP contribution in [0.15, 0.2) is 12.5 Å². The zero-order valence-corrected chi connectivity index (χ0v) is 13.5. The van der Waals surface area contributed by atoms with E-state index in [0.29, 0.717) is 5.92 Å². The molecule has 1 aliphatic heterocycles. The Morgan fingerprint density at radius 2 is 2.10 bits per heavy atom. The van der Waals surface area contributed by atoms with Gasteiger partial charge in [-0.1, -0.05) is 20.8 Å². The van der Waals surface area contributed by atoms with Gasteiger partial charge in [0.05, 0.1) is 24.7 Å². The van der Waals surface area contributed by atoms with E-state index >= 15 is 0 Å². The Bertz CT molecular complexity index is 439. The van der Waals surface area contributed by atoms with Crippen molar-refractivity contribution in [3.63, 3.8) is 0 Å². The van der Waals surface area contributed by atoms with Gasteiger partial charge in [0.1, 0.15) is 0 Å². The second-order valence-corrected chi connectivity index (χ2v) is 7.89. The van der Waals surface area contributed by atoms with E-state index in [1.54, 1.807) is 0 Å². The van der Waals surface area contributed by atoms with Crippen LogP contribution in [0.5, 0.6) is 0 Å². The van der Waals surface area contributed by atoms with Gasteiger partial charge in [-0.2, -0.15) is 0 Å². The number of ether oxygens (including phenoxy) is 1. The third-order valence-corrected chi connectivity index (χ3v) is 4.10. The van der Waals surface area contributed by atoms with E-state index in [4.69, 9.17) is 10.5 Å². The number of hydrogen-bond acceptors (Lipinski definition) is 3. The second-order valence-electron chi connectivity index (χ2n) is 7.89. The maximum absolute atomic E-state index is 6.47. The molecule has 2 heterocycles. The molecule has 0 bridgehead atoms. The highest BCUT2D eigenvalue weighted by atomic mass is 16.5. The fourth-order valence-corrected chi connectivity index (χ4v) is 3.52. The largest absolute Gasteiger partial charge is 0.381 e. The molecule has 1 aromatic rings. The molecule has 1 saturated heterocycles. The van der Waals surface area contributed by atoms with Gasteiger partial charge in [-0.15, -0.1) is 0 Å². The maximum atomic E-state index is 6.47. The van der Waals surface area contributed by atoms with Gasteiger partial charge in [-0.25, -0.2) is 4.98 Å². The highest BCUT2D eigenvalue weighted by Crippen LogP contribution is 2.35. The van der Waals surface area contributed by atoms with Gasteiger partial charge in [0.2, 0.25) is 0 Å². The lowest BCUT2D eigenvalue weighted by Crippen LogP contribution is -2.35. The molecule has 2 N–H and O–H groups in total. The summed E-state index contributed by atoms with van der Waals surface area (Å²) in [5, 5.41) is 0. The van der Waals surface area contributed by atoms with Crippen molar-refractivity contribution in [1.82, 2.24) is 9.55 Å². The fraction of sp³-hybridized carbons (Fsp3) is 0.812. The van der Waals surface area contributed by atoms with E-state index in [1.165, 1.54) is 0 Å². The van der Waals surface area contributed by atoms with Gasteiger partial charge >= 0.3 is 0 Å². The lowest BCUT2D eigenvalue weighted by molar-refractivity contribution is 0.176. The van der Waals surface area contributed by atoms with Crippen molar-refractivity contribution in [2.24, 2.45) is 17.1 Å². The highest BCUT2D eigenvalue weighted by Gasteiger charge is 2.32. The average molecular weight is 279 g/mol. The van der Waals surface area contributed by atoms with Gasteiger partial charge in [0.15, 0.2) is 0 Å². The van der Waals surface area contributed by atoms with Crippen LogP contribution in [-0.2, 0) is 10.3 Å². The van der Waals surface area contributed by atoms with Crippen molar-refractivity contribution >= 4 is 0 Å². The Hall–Kier alpha value is -0.870. The average Bonchev–Trinajstić information content (AvgIpc) is 2.97. The van der Waals surface area contributed by atoms with Crippen LogP contribution in [0.4, 0.5) is 0 Å². The number of nitrogens with two attached hydrogens (primary N) is 1. The molecule has 1 aromatic heterocycles. The quantitative estimate of drug-likeness (QED) is 0.921. The summed E-state index contributed by atoms with van der Waals surface area (Å²) >= 11 is 0. The molecule has 4 heteroatoms. The van der Waals surface area contributed by atoms with Gasteiger partial charge in [0.25, 0.3) is 0 Å². The summed E-state index contributed by atoms with van der Waals surface area (Å²) in [7, 11) is 0. The van der Waals surface area contributed by atoms with Gasteiger partial charge in [-0.05, 0) is 32.1 Å². The highest BCUT2D eigenvalue weighted by molar-refractivity contribution is 5.10. The summed E-state index contributed by atoms with van der Waals surface area (Å²) in [6, 6.07) is 0.0132. The van der Waals surface area contributed by atoms with Crippen molar-refractivity contribution in [1.29, 1.82) is 0 Å². The lowest BCUT2D eigenvalue weighted by Gasteiger charge is -2.36. The maximum Gasteiger partial charge on any atom is 0.0953 e. The van der Waals surface area contributed by atoms with Crippen molar-refractivity contribution in [3.05, 3.63) is 18.2 Å². The van der Waals surface area contributed by atoms with Gasteiger partial charge in [0, 0.05) is 24.3 Å². The predicted molar refractivity (Wildman–Crippen MR) is 81.5 cm³/mol. The zero-order chi connectivity index (χ0) is 15.0. The SMILES string of the molecule is CC(C)(C)CC(C)(C)n1cncc1C(N)C1CCOC1. The fourth-order valence-electron chi connectivity index (χ4n) is 3.52. The Balaban J connectivity index is 2.23. The predicted octanol–water partition coefficient (Wildman–Crippen LogP) is 3.09. The van der Waals surface area contributed by atoms with Crippen LogP contribution < -0.4 is 5.73 Å². The number of hydrogen-bond donors (Lipinski definition) is 1.